The minimum Gasteiger partial charge on any atom is -0.507 e. The van der Waals surface area contributed by atoms with E-state index in [1.807, 2.05) is 19.1 Å². The van der Waals surface area contributed by atoms with Crippen LogP contribution in [0.25, 0.3) is 0 Å². The summed E-state index contributed by atoms with van der Waals surface area (Å²) < 4.78 is 4.90. The Balaban J connectivity index is 2.21. The van der Waals surface area contributed by atoms with Crippen LogP contribution in [0.4, 0.5) is 5.69 Å². The first-order valence-corrected chi connectivity index (χ1v) is 6.35. The molecule has 0 saturated heterocycles. The number of carbonyl (C=O) groups is 2. The van der Waals surface area contributed by atoms with E-state index in [4.69, 9.17) is 4.74 Å². The van der Waals surface area contributed by atoms with Crippen LogP contribution in [0.5, 0.6) is 11.5 Å². The molecule has 2 aromatic carbocycles. The Morgan fingerprint density at radius 2 is 1.76 bits per heavy atom. The fourth-order valence-corrected chi connectivity index (χ4v) is 1.76. The van der Waals surface area contributed by atoms with E-state index >= 15 is 0 Å². The smallest absolute Gasteiger partial charge is 0.308 e. The van der Waals surface area contributed by atoms with Crippen LogP contribution in [0, 0.1) is 6.92 Å². The van der Waals surface area contributed by atoms with Crippen LogP contribution < -0.4 is 10.1 Å². The number of esters is 1. The Labute approximate surface area is 122 Å². The van der Waals surface area contributed by atoms with Crippen molar-refractivity contribution in [3.8, 4) is 11.5 Å². The van der Waals surface area contributed by atoms with Crippen molar-refractivity contribution in [1.82, 2.24) is 0 Å². The van der Waals surface area contributed by atoms with Crippen LogP contribution in [0.1, 0.15) is 22.8 Å². The molecule has 0 aliphatic heterocycles. The molecule has 0 bridgehead atoms. The molecule has 0 saturated carbocycles. The highest BCUT2D eigenvalue weighted by Gasteiger charge is 2.13. The van der Waals surface area contributed by atoms with Gasteiger partial charge in [-0.1, -0.05) is 17.7 Å². The summed E-state index contributed by atoms with van der Waals surface area (Å²) in [6, 6.07) is 11.3. The van der Waals surface area contributed by atoms with Crippen LogP contribution in [-0.4, -0.2) is 17.0 Å². The number of benzene rings is 2. The molecule has 0 unspecified atom stereocenters. The Hall–Kier alpha value is -2.82. The normalized spacial score (nSPS) is 10.0. The van der Waals surface area contributed by atoms with Crippen molar-refractivity contribution in [3.05, 3.63) is 53.6 Å². The zero-order chi connectivity index (χ0) is 15.4. The lowest BCUT2D eigenvalue weighted by atomic mass is 10.1. The van der Waals surface area contributed by atoms with Crippen molar-refractivity contribution in [2.24, 2.45) is 0 Å². The fourth-order valence-electron chi connectivity index (χ4n) is 1.76. The number of carbonyl (C=O) groups excluding carboxylic acids is 2. The minimum absolute atomic E-state index is 0.0364. The van der Waals surface area contributed by atoms with Gasteiger partial charge in [0.15, 0.2) is 0 Å². The highest BCUT2D eigenvalue weighted by Crippen LogP contribution is 2.24. The van der Waals surface area contributed by atoms with Crippen molar-refractivity contribution < 1.29 is 19.4 Å². The molecule has 0 heterocycles. The standard InChI is InChI=1S/C16H15NO4/c1-10-3-5-12(6-4-10)17-16(20)14-9-13(21-11(2)18)7-8-15(14)19/h3-9,19H,1-2H3,(H,17,20). The molecule has 0 aromatic heterocycles. The summed E-state index contributed by atoms with van der Waals surface area (Å²) in [4.78, 5) is 23.1. The van der Waals surface area contributed by atoms with Gasteiger partial charge in [-0.05, 0) is 37.3 Å². The topological polar surface area (TPSA) is 75.6 Å². The summed E-state index contributed by atoms with van der Waals surface area (Å²) in [6.45, 7) is 3.21. The molecule has 2 rings (SSSR count). The van der Waals surface area contributed by atoms with E-state index < -0.39 is 11.9 Å². The number of aromatic hydroxyl groups is 1. The van der Waals surface area contributed by atoms with Crippen molar-refractivity contribution in [2.45, 2.75) is 13.8 Å². The molecule has 2 N–H and O–H groups in total. The van der Waals surface area contributed by atoms with Gasteiger partial charge in [-0.2, -0.15) is 0 Å². The third-order valence-electron chi connectivity index (χ3n) is 2.78. The number of phenolic OH excluding ortho intramolecular Hbond substituents is 1. The maximum atomic E-state index is 12.1. The van der Waals surface area contributed by atoms with Crippen molar-refractivity contribution in [2.75, 3.05) is 5.32 Å². The Morgan fingerprint density at radius 3 is 2.38 bits per heavy atom. The van der Waals surface area contributed by atoms with E-state index in [1.165, 1.54) is 25.1 Å². The molecule has 0 fully saturated rings. The summed E-state index contributed by atoms with van der Waals surface area (Å²) in [6.07, 6.45) is 0. The third kappa shape index (κ3) is 3.82. The molecule has 21 heavy (non-hydrogen) atoms. The number of aryl methyl sites for hydroxylation is 1. The van der Waals surface area contributed by atoms with Crippen LogP contribution in [0.15, 0.2) is 42.5 Å². The second-order valence-corrected chi connectivity index (χ2v) is 4.59. The molecule has 5 nitrogen and oxygen atoms in total. The van der Waals surface area contributed by atoms with E-state index in [0.717, 1.165) is 5.56 Å². The molecule has 0 aliphatic rings. The number of nitrogens with one attached hydrogen (secondary N) is 1. The minimum atomic E-state index is -0.495. The second-order valence-electron chi connectivity index (χ2n) is 4.59. The molecule has 5 heteroatoms. The van der Waals surface area contributed by atoms with Crippen molar-refractivity contribution in [3.63, 3.8) is 0 Å². The van der Waals surface area contributed by atoms with Crippen LogP contribution in [-0.2, 0) is 4.79 Å². The van der Waals surface area contributed by atoms with E-state index in [2.05, 4.69) is 5.32 Å². The molecule has 2 aromatic rings. The van der Waals surface area contributed by atoms with Gasteiger partial charge in [0.1, 0.15) is 11.5 Å². The number of amides is 1. The van der Waals surface area contributed by atoms with E-state index in [-0.39, 0.29) is 17.1 Å². The van der Waals surface area contributed by atoms with Crippen molar-refractivity contribution in [1.29, 1.82) is 0 Å². The van der Waals surface area contributed by atoms with Gasteiger partial charge < -0.3 is 15.2 Å². The van der Waals surface area contributed by atoms with Gasteiger partial charge in [0.05, 0.1) is 5.56 Å². The van der Waals surface area contributed by atoms with Gasteiger partial charge in [0.25, 0.3) is 5.91 Å². The average Bonchev–Trinajstić information content (AvgIpc) is 2.43. The molecule has 108 valence electrons. The zero-order valence-electron chi connectivity index (χ0n) is 11.7. The summed E-state index contributed by atoms with van der Waals surface area (Å²) in [5.74, 6) is -0.958. The van der Waals surface area contributed by atoms with Gasteiger partial charge >= 0.3 is 5.97 Å². The number of rotatable bonds is 3. The maximum Gasteiger partial charge on any atom is 0.308 e. The predicted molar refractivity (Wildman–Crippen MR) is 78.5 cm³/mol. The van der Waals surface area contributed by atoms with Gasteiger partial charge in [-0.3, -0.25) is 9.59 Å². The summed E-state index contributed by atoms with van der Waals surface area (Å²) in [7, 11) is 0. The molecule has 0 aliphatic carbocycles. The predicted octanol–water partition coefficient (Wildman–Crippen LogP) is 2.88. The van der Waals surface area contributed by atoms with Gasteiger partial charge in [-0.25, -0.2) is 0 Å². The third-order valence-corrected chi connectivity index (χ3v) is 2.78. The van der Waals surface area contributed by atoms with Gasteiger partial charge in [-0.15, -0.1) is 0 Å². The number of hydrogen-bond donors (Lipinski definition) is 2. The number of phenols is 1. The first-order valence-electron chi connectivity index (χ1n) is 6.35. The summed E-state index contributed by atoms with van der Waals surface area (Å²) >= 11 is 0. The van der Waals surface area contributed by atoms with Gasteiger partial charge in [0.2, 0.25) is 0 Å². The molecular weight excluding hydrogens is 270 g/mol. The highest BCUT2D eigenvalue weighted by atomic mass is 16.5. The zero-order valence-corrected chi connectivity index (χ0v) is 11.7. The summed E-state index contributed by atoms with van der Waals surface area (Å²) in [5, 5.41) is 12.4. The summed E-state index contributed by atoms with van der Waals surface area (Å²) in [5.41, 5.74) is 1.73. The van der Waals surface area contributed by atoms with Crippen molar-refractivity contribution >= 4 is 17.6 Å². The monoisotopic (exact) mass is 285 g/mol. The number of ether oxygens (including phenoxy) is 1. The highest BCUT2D eigenvalue weighted by molar-refractivity contribution is 6.06. The Morgan fingerprint density at radius 1 is 1.10 bits per heavy atom. The average molecular weight is 285 g/mol. The largest absolute Gasteiger partial charge is 0.507 e. The molecule has 0 spiro atoms. The Kier molecular flexibility index (Phi) is 4.23. The first kappa shape index (κ1) is 14.6. The van der Waals surface area contributed by atoms with E-state index in [0.29, 0.717) is 5.69 Å². The fraction of sp³-hybridized carbons (Fsp3) is 0.125. The lowest BCUT2D eigenvalue weighted by Crippen LogP contribution is -2.12. The maximum absolute atomic E-state index is 12.1. The molecule has 0 radical (unpaired) electrons. The van der Waals surface area contributed by atoms with Crippen LogP contribution >= 0.6 is 0 Å². The number of anilines is 1. The lowest BCUT2D eigenvalue weighted by Gasteiger charge is -2.09. The SMILES string of the molecule is CC(=O)Oc1ccc(O)c(C(=O)Nc2ccc(C)cc2)c1. The second kappa shape index (κ2) is 6.09. The number of hydrogen-bond acceptors (Lipinski definition) is 4. The quantitative estimate of drug-likeness (QED) is 0.671. The van der Waals surface area contributed by atoms with E-state index in [1.54, 1.807) is 12.1 Å². The lowest BCUT2D eigenvalue weighted by molar-refractivity contribution is -0.131. The van der Waals surface area contributed by atoms with Crippen LogP contribution in [0.2, 0.25) is 0 Å². The Bertz CT molecular complexity index is 677. The molecule has 1 amide bonds. The van der Waals surface area contributed by atoms with Crippen LogP contribution in [0.3, 0.4) is 0 Å². The molecule has 0 atom stereocenters. The first-order chi connectivity index (χ1) is 9.95. The molecular formula is C16H15NO4. The van der Waals surface area contributed by atoms with E-state index in [9.17, 15) is 14.7 Å². The van der Waals surface area contributed by atoms with Gasteiger partial charge in [0, 0.05) is 12.6 Å².